The Morgan fingerprint density at radius 1 is 1.20 bits per heavy atom. The first kappa shape index (κ1) is 18.1. The van der Waals surface area contributed by atoms with Crippen LogP contribution >= 0.6 is 0 Å². The molecule has 2 aromatic carbocycles. The second kappa shape index (κ2) is 8.06. The van der Waals surface area contributed by atoms with Gasteiger partial charge in [0.05, 0.1) is 5.56 Å². The van der Waals surface area contributed by atoms with Gasteiger partial charge in [-0.05, 0) is 36.6 Å². The van der Waals surface area contributed by atoms with Gasteiger partial charge in [0.1, 0.15) is 11.9 Å². The Labute approximate surface area is 145 Å². The molecule has 0 aliphatic rings. The van der Waals surface area contributed by atoms with Crippen molar-refractivity contribution < 1.29 is 14.0 Å². The molecule has 2 aromatic rings. The maximum absolute atomic E-state index is 13.3. The van der Waals surface area contributed by atoms with Crippen LogP contribution in [0.3, 0.4) is 0 Å². The van der Waals surface area contributed by atoms with Crippen molar-refractivity contribution in [2.24, 2.45) is 0 Å². The molecule has 2 N–H and O–H groups in total. The van der Waals surface area contributed by atoms with Gasteiger partial charge < -0.3 is 10.6 Å². The van der Waals surface area contributed by atoms with Gasteiger partial charge in [-0.3, -0.25) is 9.59 Å². The van der Waals surface area contributed by atoms with Gasteiger partial charge in [0.25, 0.3) is 0 Å². The van der Waals surface area contributed by atoms with Crippen LogP contribution in [0, 0.1) is 24.1 Å². The number of aryl methyl sites for hydroxylation is 1. The summed E-state index contributed by atoms with van der Waals surface area (Å²) in [4.78, 5) is 23.8. The molecule has 2 rings (SSSR count). The third-order valence-corrected chi connectivity index (χ3v) is 3.73. The molecule has 25 heavy (non-hydrogen) atoms. The van der Waals surface area contributed by atoms with E-state index >= 15 is 0 Å². The maximum Gasteiger partial charge on any atom is 0.313 e. The lowest BCUT2D eigenvalue weighted by Gasteiger charge is -2.13. The van der Waals surface area contributed by atoms with Gasteiger partial charge in [0.15, 0.2) is 0 Å². The number of halogens is 1. The Hall–Kier alpha value is -3.20. The zero-order valence-corrected chi connectivity index (χ0v) is 14.0. The van der Waals surface area contributed by atoms with Crippen molar-refractivity contribution in [2.45, 2.75) is 19.8 Å². The number of carbonyl (C=O) groups excluding carboxylic acids is 2. The van der Waals surface area contributed by atoms with Crippen LogP contribution < -0.4 is 10.6 Å². The van der Waals surface area contributed by atoms with Gasteiger partial charge in [0, 0.05) is 12.2 Å². The van der Waals surface area contributed by atoms with Crippen LogP contribution in [0.1, 0.15) is 29.5 Å². The quantitative estimate of drug-likeness (QED) is 0.840. The zero-order chi connectivity index (χ0) is 18.4. The lowest BCUT2D eigenvalue weighted by Crippen LogP contribution is -2.37. The van der Waals surface area contributed by atoms with Crippen LogP contribution in [0.2, 0.25) is 0 Å². The maximum atomic E-state index is 13.3. The molecule has 0 bridgehead atoms. The molecule has 0 aromatic heterocycles. The fraction of sp³-hybridized carbons (Fsp3) is 0.211. The third kappa shape index (κ3) is 4.88. The Morgan fingerprint density at radius 2 is 1.96 bits per heavy atom. The summed E-state index contributed by atoms with van der Waals surface area (Å²) in [6.07, 6.45) is 0. The molecule has 2 amide bonds. The van der Waals surface area contributed by atoms with Gasteiger partial charge in [-0.25, -0.2) is 4.39 Å². The topological polar surface area (TPSA) is 82.0 Å². The standard InChI is InChI=1S/C19H18FN3O2/c1-12-4-3-5-14(8-12)13(2)11-22-18(24)19(25)23-16-6-7-17(20)15(9-16)10-21/h3-9,13H,11H2,1-2H3,(H,22,24)(H,23,25)/t13-/m0/s1. The minimum absolute atomic E-state index is 0.0488. The van der Waals surface area contributed by atoms with Gasteiger partial charge in [-0.1, -0.05) is 36.8 Å². The lowest BCUT2D eigenvalue weighted by molar-refractivity contribution is -0.136. The molecule has 128 valence electrons. The first-order valence-corrected chi connectivity index (χ1v) is 7.76. The normalized spacial score (nSPS) is 11.3. The van der Waals surface area contributed by atoms with Crippen LogP contribution in [0.15, 0.2) is 42.5 Å². The highest BCUT2D eigenvalue weighted by molar-refractivity contribution is 6.39. The van der Waals surface area contributed by atoms with E-state index in [2.05, 4.69) is 10.6 Å². The summed E-state index contributed by atoms with van der Waals surface area (Å²) in [6.45, 7) is 4.25. The van der Waals surface area contributed by atoms with E-state index in [1.807, 2.05) is 38.1 Å². The predicted octanol–water partition coefficient (Wildman–Crippen LogP) is 2.86. The molecule has 0 fully saturated rings. The number of carbonyl (C=O) groups is 2. The first-order chi connectivity index (χ1) is 11.9. The van der Waals surface area contributed by atoms with Gasteiger partial charge >= 0.3 is 11.8 Å². The Balaban J connectivity index is 1.92. The SMILES string of the molecule is Cc1cccc([C@@H](C)CNC(=O)C(=O)Nc2ccc(F)c(C#N)c2)c1. The van der Waals surface area contributed by atoms with Crippen LogP contribution in [-0.2, 0) is 9.59 Å². The third-order valence-electron chi connectivity index (χ3n) is 3.73. The second-order valence-corrected chi connectivity index (χ2v) is 5.79. The van der Waals surface area contributed by atoms with Crippen LogP contribution in [0.25, 0.3) is 0 Å². The molecule has 6 heteroatoms. The highest BCUT2D eigenvalue weighted by atomic mass is 19.1. The van der Waals surface area contributed by atoms with E-state index < -0.39 is 17.6 Å². The molecule has 5 nitrogen and oxygen atoms in total. The number of hydrogen-bond acceptors (Lipinski definition) is 3. The summed E-state index contributed by atoms with van der Waals surface area (Å²) in [5, 5.41) is 13.7. The number of rotatable bonds is 4. The fourth-order valence-corrected chi connectivity index (χ4v) is 2.30. The summed E-state index contributed by atoms with van der Waals surface area (Å²) < 4.78 is 13.3. The molecule has 0 unspecified atom stereocenters. The van der Waals surface area contributed by atoms with Crippen molar-refractivity contribution in [2.75, 3.05) is 11.9 Å². The molecule has 0 aliphatic carbocycles. The van der Waals surface area contributed by atoms with Crippen molar-refractivity contribution in [3.8, 4) is 6.07 Å². The van der Waals surface area contributed by atoms with Crippen LogP contribution in [0.5, 0.6) is 0 Å². The number of nitrogens with one attached hydrogen (secondary N) is 2. The van der Waals surface area contributed by atoms with Crippen molar-refractivity contribution >= 4 is 17.5 Å². The van der Waals surface area contributed by atoms with Gasteiger partial charge in [-0.15, -0.1) is 0 Å². The molecule has 0 aliphatic heterocycles. The molecule has 1 atom stereocenters. The monoisotopic (exact) mass is 339 g/mol. The number of amides is 2. The Kier molecular flexibility index (Phi) is 5.85. The molecule has 0 saturated heterocycles. The largest absolute Gasteiger partial charge is 0.347 e. The second-order valence-electron chi connectivity index (χ2n) is 5.79. The lowest BCUT2D eigenvalue weighted by atomic mass is 9.99. The van der Waals surface area contributed by atoms with Crippen molar-refractivity contribution in [3.63, 3.8) is 0 Å². The predicted molar refractivity (Wildman–Crippen MR) is 92.3 cm³/mol. The van der Waals surface area contributed by atoms with E-state index in [0.717, 1.165) is 17.2 Å². The van der Waals surface area contributed by atoms with Crippen molar-refractivity contribution in [1.29, 1.82) is 5.26 Å². The van der Waals surface area contributed by atoms with E-state index in [1.165, 1.54) is 12.1 Å². The Bertz CT molecular complexity index is 843. The average Bonchev–Trinajstić information content (AvgIpc) is 2.60. The Morgan fingerprint density at radius 3 is 2.64 bits per heavy atom. The van der Waals surface area contributed by atoms with Gasteiger partial charge in [0.2, 0.25) is 0 Å². The first-order valence-electron chi connectivity index (χ1n) is 7.76. The van der Waals surface area contributed by atoms with E-state index in [0.29, 0.717) is 6.54 Å². The minimum Gasteiger partial charge on any atom is -0.347 e. The molecular weight excluding hydrogens is 321 g/mol. The molecule has 0 saturated carbocycles. The van der Waals surface area contributed by atoms with Crippen LogP contribution in [0.4, 0.5) is 10.1 Å². The number of anilines is 1. The van der Waals surface area contributed by atoms with E-state index in [4.69, 9.17) is 5.26 Å². The summed E-state index contributed by atoms with van der Waals surface area (Å²) in [5.74, 6) is -2.29. The number of nitrogens with zero attached hydrogens (tertiary/aromatic N) is 1. The van der Waals surface area contributed by atoms with Crippen molar-refractivity contribution in [1.82, 2.24) is 5.32 Å². The number of nitriles is 1. The van der Waals surface area contributed by atoms with Crippen molar-refractivity contribution in [3.05, 3.63) is 65.0 Å². The van der Waals surface area contributed by atoms with E-state index in [-0.39, 0.29) is 17.2 Å². The minimum atomic E-state index is -0.869. The summed E-state index contributed by atoms with van der Waals surface area (Å²) in [5.41, 5.74) is 2.17. The number of benzene rings is 2. The zero-order valence-electron chi connectivity index (χ0n) is 14.0. The smallest absolute Gasteiger partial charge is 0.313 e. The summed E-state index contributed by atoms with van der Waals surface area (Å²) in [7, 11) is 0. The van der Waals surface area contributed by atoms with Crippen LogP contribution in [-0.4, -0.2) is 18.4 Å². The molecule has 0 heterocycles. The van der Waals surface area contributed by atoms with Gasteiger partial charge in [-0.2, -0.15) is 5.26 Å². The molecule has 0 spiro atoms. The average molecular weight is 339 g/mol. The summed E-state index contributed by atoms with van der Waals surface area (Å²) in [6, 6.07) is 13.1. The summed E-state index contributed by atoms with van der Waals surface area (Å²) >= 11 is 0. The highest BCUT2D eigenvalue weighted by Gasteiger charge is 2.16. The fourth-order valence-electron chi connectivity index (χ4n) is 2.30. The molecular formula is C19H18FN3O2. The highest BCUT2D eigenvalue weighted by Crippen LogP contribution is 2.16. The van der Waals surface area contributed by atoms with E-state index in [1.54, 1.807) is 6.07 Å². The van der Waals surface area contributed by atoms with E-state index in [9.17, 15) is 14.0 Å². The molecule has 0 radical (unpaired) electrons. The number of hydrogen-bond donors (Lipinski definition) is 2.